The lowest BCUT2D eigenvalue weighted by Crippen LogP contribution is -2.71. The molecular formula is C22H34O4. The van der Waals surface area contributed by atoms with Gasteiger partial charge in [-0.05, 0) is 43.4 Å². The Hall–Kier alpha value is -0.600. The molecule has 1 saturated heterocycles. The molecule has 4 rings (SSSR count). The number of aliphatic hydroxyl groups is 2. The third-order valence-corrected chi connectivity index (χ3v) is 7.84. The molecule has 0 radical (unpaired) electrons. The molecule has 2 N–H and O–H groups in total. The summed E-state index contributed by atoms with van der Waals surface area (Å²) in [7, 11) is 0. The molecule has 3 aliphatic carbocycles. The highest BCUT2D eigenvalue weighted by molar-refractivity contribution is 5.23. The smallest absolute Gasteiger partial charge is 0.174 e. The lowest BCUT2D eigenvalue weighted by Gasteiger charge is -2.67. The topological polar surface area (TPSA) is 58.9 Å². The van der Waals surface area contributed by atoms with Crippen LogP contribution in [0.2, 0.25) is 0 Å². The van der Waals surface area contributed by atoms with Crippen molar-refractivity contribution in [2.75, 3.05) is 13.2 Å². The summed E-state index contributed by atoms with van der Waals surface area (Å²) < 4.78 is 12.2. The van der Waals surface area contributed by atoms with Crippen LogP contribution in [-0.2, 0) is 9.47 Å². The van der Waals surface area contributed by atoms with Gasteiger partial charge in [-0.25, -0.2) is 0 Å². The summed E-state index contributed by atoms with van der Waals surface area (Å²) in [5.41, 5.74) is -0.0577. The van der Waals surface area contributed by atoms with Gasteiger partial charge in [0.15, 0.2) is 5.79 Å². The van der Waals surface area contributed by atoms with Crippen LogP contribution in [0, 0.1) is 40.9 Å². The zero-order valence-electron chi connectivity index (χ0n) is 16.2. The summed E-state index contributed by atoms with van der Waals surface area (Å²) >= 11 is 0. The summed E-state index contributed by atoms with van der Waals surface area (Å²) in [4.78, 5) is 0. The third-order valence-electron chi connectivity index (χ3n) is 7.84. The van der Waals surface area contributed by atoms with Gasteiger partial charge >= 0.3 is 0 Å². The highest BCUT2D eigenvalue weighted by Gasteiger charge is 2.73. The maximum absolute atomic E-state index is 10.7. The second-order valence-electron chi connectivity index (χ2n) is 9.22. The normalized spacial score (nSPS) is 40.6. The van der Waals surface area contributed by atoms with Crippen molar-refractivity contribution in [3.05, 3.63) is 0 Å². The highest BCUT2D eigenvalue weighted by atomic mass is 16.7. The lowest BCUT2D eigenvalue weighted by molar-refractivity contribution is -0.364. The van der Waals surface area contributed by atoms with Crippen molar-refractivity contribution in [1.29, 1.82) is 0 Å². The Labute approximate surface area is 157 Å². The van der Waals surface area contributed by atoms with Crippen LogP contribution < -0.4 is 0 Å². The van der Waals surface area contributed by atoms with Crippen LogP contribution in [0.5, 0.6) is 0 Å². The Balaban J connectivity index is 1.54. The van der Waals surface area contributed by atoms with E-state index in [-0.39, 0.29) is 17.3 Å². The minimum absolute atomic E-state index is 0.0577. The molecule has 1 aliphatic heterocycles. The first-order chi connectivity index (χ1) is 12.5. The molecule has 1 heterocycles. The van der Waals surface area contributed by atoms with Crippen LogP contribution in [0.15, 0.2) is 0 Å². The Kier molecular flexibility index (Phi) is 5.11. The van der Waals surface area contributed by atoms with Gasteiger partial charge in [0.05, 0.1) is 25.2 Å². The van der Waals surface area contributed by atoms with E-state index in [1.54, 1.807) is 0 Å². The Bertz CT molecular complexity index is 564. The Morgan fingerprint density at radius 1 is 1.04 bits per heavy atom. The fourth-order valence-electron chi connectivity index (χ4n) is 6.41. The number of hydrogen-bond donors (Lipinski definition) is 2. The van der Waals surface area contributed by atoms with E-state index < -0.39 is 18.0 Å². The Morgan fingerprint density at radius 2 is 1.73 bits per heavy atom. The van der Waals surface area contributed by atoms with Gasteiger partial charge in [-0.3, -0.25) is 0 Å². The van der Waals surface area contributed by atoms with Crippen molar-refractivity contribution < 1.29 is 19.7 Å². The van der Waals surface area contributed by atoms with Gasteiger partial charge in [0, 0.05) is 11.8 Å². The first-order valence-electron chi connectivity index (χ1n) is 10.7. The minimum Gasteiger partial charge on any atom is -0.392 e. The van der Waals surface area contributed by atoms with Crippen LogP contribution in [0.3, 0.4) is 0 Å². The quantitative estimate of drug-likeness (QED) is 0.741. The molecule has 0 bridgehead atoms. The monoisotopic (exact) mass is 362 g/mol. The maximum Gasteiger partial charge on any atom is 0.174 e. The van der Waals surface area contributed by atoms with Gasteiger partial charge < -0.3 is 19.7 Å². The van der Waals surface area contributed by atoms with Crippen molar-refractivity contribution >= 4 is 0 Å². The lowest BCUT2D eigenvalue weighted by atomic mass is 9.42. The average Bonchev–Trinajstić information content (AvgIpc) is 3.13. The van der Waals surface area contributed by atoms with Gasteiger partial charge in [-0.1, -0.05) is 45.0 Å². The number of aliphatic hydroxyl groups excluding tert-OH is 2. The summed E-state index contributed by atoms with van der Waals surface area (Å²) in [6, 6.07) is 0. The van der Waals surface area contributed by atoms with Crippen molar-refractivity contribution in [3.8, 4) is 11.8 Å². The molecule has 5 atom stereocenters. The van der Waals surface area contributed by atoms with Gasteiger partial charge in [0.2, 0.25) is 0 Å². The van der Waals surface area contributed by atoms with E-state index in [4.69, 9.17) is 9.47 Å². The molecule has 4 aliphatic rings. The number of rotatable bonds is 2. The zero-order valence-corrected chi connectivity index (χ0v) is 16.2. The van der Waals surface area contributed by atoms with Crippen LogP contribution in [-0.4, -0.2) is 41.4 Å². The molecule has 0 aromatic rings. The van der Waals surface area contributed by atoms with Gasteiger partial charge in [-0.2, -0.15) is 0 Å². The predicted octanol–water partition coefficient (Wildman–Crippen LogP) is 3.11. The minimum atomic E-state index is -0.550. The molecule has 0 aromatic heterocycles. The summed E-state index contributed by atoms with van der Waals surface area (Å²) in [6.07, 6.45) is 7.36. The van der Waals surface area contributed by atoms with Crippen molar-refractivity contribution in [3.63, 3.8) is 0 Å². The summed E-state index contributed by atoms with van der Waals surface area (Å²) in [6.45, 7) is 5.83. The van der Waals surface area contributed by atoms with Crippen LogP contribution in [0.25, 0.3) is 0 Å². The fraction of sp³-hybridized carbons (Fsp3) is 0.909. The standard InChI is InChI=1S/C22H34O4/c1-15(2)21-11-10-20(24)17(18(21)14-22(21)25-12-13-26-22)8-9-19(23)16-6-4-3-5-7-16/h15-20,23-24H,3-7,10-14H2,1-2H3/t17-,18-,19-,20-,21-/m1/s1. The van der Waals surface area contributed by atoms with E-state index in [1.165, 1.54) is 19.3 Å². The maximum atomic E-state index is 10.7. The van der Waals surface area contributed by atoms with E-state index in [2.05, 4.69) is 25.7 Å². The predicted molar refractivity (Wildman–Crippen MR) is 99.1 cm³/mol. The highest BCUT2D eigenvalue weighted by Crippen LogP contribution is 2.69. The van der Waals surface area contributed by atoms with Crippen LogP contribution in [0.4, 0.5) is 0 Å². The second-order valence-corrected chi connectivity index (χ2v) is 9.22. The number of hydrogen-bond acceptors (Lipinski definition) is 4. The molecule has 4 nitrogen and oxygen atoms in total. The van der Waals surface area contributed by atoms with E-state index in [0.29, 0.717) is 25.0 Å². The van der Waals surface area contributed by atoms with Crippen molar-refractivity contribution in [1.82, 2.24) is 0 Å². The first-order valence-corrected chi connectivity index (χ1v) is 10.7. The third kappa shape index (κ3) is 2.75. The van der Waals surface area contributed by atoms with Crippen molar-refractivity contribution in [2.24, 2.45) is 29.1 Å². The first kappa shape index (κ1) is 18.7. The van der Waals surface area contributed by atoms with Gasteiger partial charge in [-0.15, -0.1) is 0 Å². The zero-order chi connectivity index (χ0) is 18.4. The largest absolute Gasteiger partial charge is 0.392 e. The molecule has 0 amide bonds. The summed E-state index contributed by atoms with van der Waals surface area (Å²) in [5, 5.41) is 21.2. The van der Waals surface area contributed by atoms with E-state index in [1.807, 2.05) is 0 Å². The van der Waals surface area contributed by atoms with E-state index in [0.717, 1.165) is 32.1 Å². The molecule has 0 unspecified atom stereocenters. The molecule has 3 saturated carbocycles. The SMILES string of the molecule is CC(C)[C@]12CC[C@@H](O)[C@H](C#C[C@@H](O)C3CCCCC3)[C@H]1CC21OCCO1. The summed E-state index contributed by atoms with van der Waals surface area (Å²) in [5.74, 6) is 6.93. The van der Waals surface area contributed by atoms with Gasteiger partial charge in [0.25, 0.3) is 0 Å². The number of fused-ring (bicyclic) bond motifs is 2. The molecule has 146 valence electrons. The molecule has 26 heavy (non-hydrogen) atoms. The fourth-order valence-corrected chi connectivity index (χ4v) is 6.41. The molecule has 4 fully saturated rings. The van der Waals surface area contributed by atoms with Gasteiger partial charge in [0.1, 0.15) is 6.10 Å². The van der Waals surface area contributed by atoms with Crippen LogP contribution in [0.1, 0.15) is 65.2 Å². The molecule has 0 aromatic carbocycles. The molecule has 1 spiro atoms. The van der Waals surface area contributed by atoms with Crippen molar-refractivity contribution in [2.45, 2.75) is 83.2 Å². The average molecular weight is 363 g/mol. The van der Waals surface area contributed by atoms with E-state index >= 15 is 0 Å². The van der Waals surface area contributed by atoms with E-state index in [9.17, 15) is 10.2 Å². The molecule has 4 heteroatoms. The van der Waals surface area contributed by atoms with Crippen LogP contribution >= 0.6 is 0 Å². The Morgan fingerprint density at radius 3 is 2.38 bits per heavy atom. The second kappa shape index (κ2) is 7.09. The molecular weight excluding hydrogens is 328 g/mol. The number of ether oxygens (including phenoxy) is 2.